The van der Waals surface area contributed by atoms with Gasteiger partial charge in [-0.2, -0.15) is 0 Å². The second-order valence-electron chi connectivity index (χ2n) is 4.68. The summed E-state index contributed by atoms with van der Waals surface area (Å²) >= 11 is 0. The van der Waals surface area contributed by atoms with E-state index in [0.717, 1.165) is 6.42 Å². The van der Waals surface area contributed by atoms with Crippen molar-refractivity contribution in [3.63, 3.8) is 0 Å². The van der Waals surface area contributed by atoms with Gasteiger partial charge in [0.25, 0.3) is 0 Å². The fourth-order valence-corrected chi connectivity index (χ4v) is 1.12. The maximum Gasteiger partial charge on any atom is 0.315 e. The number of hydrogen-bond donors (Lipinski definition) is 4. The zero-order valence-corrected chi connectivity index (χ0v) is 9.98. The van der Waals surface area contributed by atoms with Gasteiger partial charge < -0.3 is 16.4 Å². The normalized spacial score (nSPS) is 13.1. The lowest BCUT2D eigenvalue weighted by molar-refractivity contribution is 0.228. The van der Waals surface area contributed by atoms with E-state index in [4.69, 9.17) is 11.1 Å². The van der Waals surface area contributed by atoms with Gasteiger partial charge in [-0.05, 0) is 27.2 Å². The quantitative estimate of drug-likeness (QED) is 0.418. The summed E-state index contributed by atoms with van der Waals surface area (Å²) in [5.41, 5.74) is 5.03. The Balaban J connectivity index is 4.07. The highest BCUT2D eigenvalue weighted by atomic mass is 16.2. The summed E-state index contributed by atoms with van der Waals surface area (Å²) in [7, 11) is 0. The van der Waals surface area contributed by atoms with Crippen molar-refractivity contribution < 1.29 is 4.79 Å². The molecule has 0 aliphatic rings. The van der Waals surface area contributed by atoms with Gasteiger partial charge in [0.1, 0.15) is 0 Å². The summed E-state index contributed by atoms with van der Waals surface area (Å²) in [5.74, 6) is 0.0953. The van der Waals surface area contributed by atoms with Crippen LogP contribution in [0.4, 0.5) is 4.79 Å². The van der Waals surface area contributed by atoms with Gasteiger partial charge in [0.05, 0.1) is 5.84 Å². The second kappa shape index (κ2) is 5.58. The van der Waals surface area contributed by atoms with Gasteiger partial charge in [0, 0.05) is 18.0 Å². The lowest BCUT2D eigenvalue weighted by atomic mass is 10.1. The van der Waals surface area contributed by atoms with E-state index in [-0.39, 0.29) is 23.4 Å². The Labute approximate surface area is 91.3 Å². The highest BCUT2D eigenvalue weighted by Crippen LogP contribution is 2.00. The zero-order chi connectivity index (χ0) is 12.1. The molecule has 0 aliphatic heterocycles. The smallest absolute Gasteiger partial charge is 0.315 e. The first kappa shape index (κ1) is 13.7. The van der Waals surface area contributed by atoms with Gasteiger partial charge in [-0.15, -0.1) is 0 Å². The number of amidine groups is 1. The molecule has 5 N–H and O–H groups in total. The van der Waals surface area contributed by atoms with Gasteiger partial charge in [0.2, 0.25) is 0 Å². The summed E-state index contributed by atoms with van der Waals surface area (Å²) in [6.45, 7) is 7.69. The monoisotopic (exact) mass is 214 g/mol. The largest absolute Gasteiger partial charge is 0.388 e. The highest BCUT2D eigenvalue weighted by molar-refractivity contribution is 5.79. The predicted molar refractivity (Wildman–Crippen MR) is 62.0 cm³/mol. The van der Waals surface area contributed by atoms with Crippen LogP contribution in [0.1, 0.15) is 40.5 Å². The van der Waals surface area contributed by atoms with Gasteiger partial charge in [-0.1, -0.05) is 6.92 Å². The molecular weight excluding hydrogens is 192 g/mol. The van der Waals surface area contributed by atoms with Crippen molar-refractivity contribution in [2.75, 3.05) is 0 Å². The first-order valence-electron chi connectivity index (χ1n) is 5.16. The minimum atomic E-state index is -0.251. The molecule has 0 bridgehead atoms. The van der Waals surface area contributed by atoms with Crippen molar-refractivity contribution in [3.05, 3.63) is 0 Å². The van der Waals surface area contributed by atoms with Crippen molar-refractivity contribution in [2.45, 2.75) is 52.1 Å². The van der Waals surface area contributed by atoms with Crippen LogP contribution in [0.2, 0.25) is 0 Å². The Bertz CT molecular complexity index is 232. The number of hydrogen-bond acceptors (Lipinski definition) is 2. The van der Waals surface area contributed by atoms with Gasteiger partial charge in [-0.3, -0.25) is 5.41 Å². The molecule has 88 valence electrons. The Hall–Kier alpha value is -1.26. The average Bonchev–Trinajstić information content (AvgIpc) is 1.98. The molecule has 5 heteroatoms. The van der Waals surface area contributed by atoms with Crippen LogP contribution in [0.15, 0.2) is 0 Å². The third-order valence-electron chi connectivity index (χ3n) is 1.78. The van der Waals surface area contributed by atoms with Crippen molar-refractivity contribution in [1.29, 1.82) is 5.41 Å². The number of carbonyl (C=O) groups is 1. The molecule has 0 heterocycles. The summed E-state index contributed by atoms with van der Waals surface area (Å²) in [4.78, 5) is 11.5. The molecule has 0 aromatic heterocycles. The summed E-state index contributed by atoms with van der Waals surface area (Å²) < 4.78 is 0. The number of rotatable bonds is 4. The molecule has 0 fully saturated rings. The Morgan fingerprint density at radius 2 is 2.00 bits per heavy atom. The van der Waals surface area contributed by atoms with E-state index in [2.05, 4.69) is 10.6 Å². The van der Waals surface area contributed by atoms with Gasteiger partial charge in [0.15, 0.2) is 0 Å². The molecule has 2 amide bonds. The molecule has 0 radical (unpaired) electrons. The van der Waals surface area contributed by atoms with Crippen molar-refractivity contribution in [1.82, 2.24) is 10.6 Å². The minimum absolute atomic E-state index is 0.0650. The lowest BCUT2D eigenvalue weighted by Crippen LogP contribution is -2.50. The number of nitrogens with two attached hydrogens (primary N) is 1. The fraction of sp³-hybridized carbons (Fsp3) is 0.800. The van der Waals surface area contributed by atoms with E-state index in [9.17, 15) is 4.79 Å². The van der Waals surface area contributed by atoms with E-state index >= 15 is 0 Å². The van der Waals surface area contributed by atoms with Crippen molar-refractivity contribution >= 4 is 11.9 Å². The second-order valence-corrected chi connectivity index (χ2v) is 4.68. The van der Waals surface area contributed by atoms with E-state index in [1.807, 2.05) is 27.7 Å². The molecule has 0 aromatic rings. The maximum absolute atomic E-state index is 11.5. The SMILES string of the molecule is CCC(CC(=N)N)NC(=O)NC(C)(C)C. The first-order chi connectivity index (χ1) is 6.74. The number of nitrogens with one attached hydrogen (secondary N) is 3. The average molecular weight is 214 g/mol. The molecule has 0 aliphatic carbocycles. The molecule has 1 unspecified atom stereocenters. The minimum Gasteiger partial charge on any atom is -0.388 e. The van der Waals surface area contributed by atoms with E-state index in [0.29, 0.717) is 6.42 Å². The Morgan fingerprint density at radius 1 is 1.47 bits per heavy atom. The van der Waals surface area contributed by atoms with Crippen LogP contribution in [0.25, 0.3) is 0 Å². The topological polar surface area (TPSA) is 91.0 Å². The van der Waals surface area contributed by atoms with E-state index < -0.39 is 0 Å². The molecule has 5 nitrogen and oxygen atoms in total. The van der Waals surface area contributed by atoms with Crippen molar-refractivity contribution in [2.24, 2.45) is 5.73 Å². The predicted octanol–water partition coefficient (Wildman–Crippen LogP) is 1.19. The molecule has 0 spiro atoms. The van der Waals surface area contributed by atoms with Crippen LogP contribution in [-0.2, 0) is 0 Å². The number of carbonyl (C=O) groups excluding carboxylic acids is 1. The van der Waals surface area contributed by atoms with E-state index in [1.54, 1.807) is 0 Å². The molecule has 0 rings (SSSR count). The fourth-order valence-electron chi connectivity index (χ4n) is 1.12. The van der Waals surface area contributed by atoms with Gasteiger partial charge >= 0.3 is 6.03 Å². The van der Waals surface area contributed by atoms with Crippen LogP contribution in [-0.4, -0.2) is 23.4 Å². The molecule has 1 atom stereocenters. The molecule has 0 saturated heterocycles. The van der Waals surface area contributed by atoms with Crippen LogP contribution in [0, 0.1) is 5.41 Å². The standard InChI is InChI=1S/C10H22N4O/c1-5-7(6-8(11)12)13-9(15)14-10(2,3)4/h7H,5-6H2,1-4H3,(H3,11,12)(H2,13,14,15). The first-order valence-corrected chi connectivity index (χ1v) is 5.16. The lowest BCUT2D eigenvalue weighted by Gasteiger charge is -2.23. The van der Waals surface area contributed by atoms with Crippen LogP contribution in [0.3, 0.4) is 0 Å². The summed E-state index contributed by atoms with van der Waals surface area (Å²) in [5, 5.41) is 12.7. The highest BCUT2D eigenvalue weighted by Gasteiger charge is 2.16. The zero-order valence-electron chi connectivity index (χ0n) is 9.98. The number of urea groups is 1. The summed E-state index contributed by atoms with van der Waals surface area (Å²) in [6.07, 6.45) is 1.16. The summed E-state index contributed by atoms with van der Waals surface area (Å²) in [6, 6.07) is -0.277. The third-order valence-corrected chi connectivity index (χ3v) is 1.78. The van der Waals surface area contributed by atoms with Crippen molar-refractivity contribution in [3.8, 4) is 0 Å². The maximum atomic E-state index is 11.5. The Morgan fingerprint density at radius 3 is 2.33 bits per heavy atom. The molecular formula is C10H22N4O. The third kappa shape index (κ3) is 7.78. The van der Waals surface area contributed by atoms with Crippen LogP contribution >= 0.6 is 0 Å². The number of amides is 2. The van der Waals surface area contributed by atoms with Crippen LogP contribution < -0.4 is 16.4 Å². The molecule has 0 aromatic carbocycles. The van der Waals surface area contributed by atoms with Gasteiger partial charge in [-0.25, -0.2) is 4.79 Å². The van der Waals surface area contributed by atoms with Crippen LogP contribution in [0.5, 0.6) is 0 Å². The Kier molecular flexibility index (Phi) is 5.11. The molecule has 15 heavy (non-hydrogen) atoms. The molecule has 0 saturated carbocycles. The van der Waals surface area contributed by atoms with E-state index in [1.165, 1.54) is 0 Å².